The molecule has 7 N–H and O–H groups in total. The Morgan fingerprint density at radius 3 is 2.15 bits per heavy atom. The van der Waals surface area contributed by atoms with Crippen molar-refractivity contribution in [3.63, 3.8) is 0 Å². The first-order valence-corrected chi connectivity index (χ1v) is 14.5. The number of ether oxygens (including phenoxy) is 1. The molecule has 46 heavy (non-hydrogen) atoms. The highest BCUT2D eigenvalue weighted by Crippen LogP contribution is 2.34. The van der Waals surface area contributed by atoms with Gasteiger partial charge in [0.15, 0.2) is 23.2 Å². The molecule has 0 bridgehead atoms. The van der Waals surface area contributed by atoms with Gasteiger partial charge in [-0.25, -0.2) is 9.78 Å². The quantitative estimate of drug-likeness (QED) is 0.163. The summed E-state index contributed by atoms with van der Waals surface area (Å²) in [5, 5.41) is 41.2. The van der Waals surface area contributed by atoms with E-state index in [1.54, 1.807) is 4.57 Å². The Balaban J connectivity index is 0.000000537. The highest BCUT2D eigenvalue weighted by atomic mass is 19.4. The van der Waals surface area contributed by atoms with E-state index in [1.165, 1.54) is 17.5 Å². The number of carboxylic acids is 1. The van der Waals surface area contributed by atoms with Crippen LogP contribution in [0.4, 0.5) is 24.9 Å². The number of anilines is 2. The smallest absolute Gasteiger partial charge is 0.475 e. The van der Waals surface area contributed by atoms with Gasteiger partial charge < -0.3 is 41.1 Å². The predicted molar refractivity (Wildman–Crippen MR) is 160 cm³/mol. The van der Waals surface area contributed by atoms with Crippen LogP contribution in [0.5, 0.6) is 0 Å². The fourth-order valence-electron chi connectivity index (χ4n) is 5.43. The van der Waals surface area contributed by atoms with Gasteiger partial charge in [-0.05, 0) is 17.5 Å². The zero-order chi connectivity index (χ0) is 33.0. The fraction of sp³-hybridized carbons (Fsp3) is 0.400. The summed E-state index contributed by atoms with van der Waals surface area (Å²) in [7, 11) is 0. The summed E-state index contributed by atoms with van der Waals surface area (Å²) in [5.41, 5.74) is 9.49. The van der Waals surface area contributed by atoms with Crippen molar-refractivity contribution >= 4 is 28.9 Å². The lowest BCUT2D eigenvalue weighted by atomic mass is 9.91. The van der Waals surface area contributed by atoms with Gasteiger partial charge in [0.25, 0.3) is 0 Å². The summed E-state index contributed by atoms with van der Waals surface area (Å²) in [5.74, 6) is -1.64. The molecular formula is C30H34F3N7O6. The molecule has 2 fully saturated rings. The predicted octanol–water partition coefficient (Wildman–Crippen LogP) is 1.85. The van der Waals surface area contributed by atoms with Gasteiger partial charge in [-0.15, -0.1) is 0 Å². The van der Waals surface area contributed by atoms with Crippen molar-refractivity contribution in [2.45, 2.75) is 49.1 Å². The maximum Gasteiger partial charge on any atom is 0.490 e. The van der Waals surface area contributed by atoms with Crippen molar-refractivity contribution in [2.24, 2.45) is 5.73 Å². The minimum Gasteiger partial charge on any atom is -0.475 e. The van der Waals surface area contributed by atoms with E-state index in [4.69, 9.17) is 30.3 Å². The number of imidazole rings is 1. The molecule has 0 radical (unpaired) electrons. The molecule has 0 spiro atoms. The second-order valence-corrected chi connectivity index (χ2v) is 11.0. The van der Waals surface area contributed by atoms with Gasteiger partial charge in [0.05, 0.1) is 12.9 Å². The molecule has 0 saturated carbocycles. The highest BCUT2D eigenvalue weighted by Gasteiger charge is 2.44. The molecule has 2 aromatic carbocycles. The van der Waals surface area contributed by atoms with Crippen molar-refractivity contribution in [3.8, 4) is 0 Å². The molecule has 2 aromatic heterocycles. The molecule has 0 amide bonds. The van der Waals surface area contributed by atoms with E-state index < -0.39 is 43.3 Å². The van der Waals surface area contributed by atoms with Crippen molar-refractivity contribution in [2.75, 3.05) is 36.5 Å². The highest BCUT2D eigenvalue weighted by molar-refractivity contribution is 5.84. The number of alkyl halides is 3. The molecule has 13 nitrogen and oxygen atoms in total. The number of nitrogens with one attached hydrogen (secondary N) is 1. The van der Waals surface area contributed by atoms with E-state index in [-0.39, 0.29) is 12.0 Å². The zero-order valence-electron chi connectivity index (χ0n) is 24.4. The maximum atomic E-state index is 10.7. The van der Waals surface area contributed by atoms with Crippen molar-refractivity contribution in [3.05, 3.63) is 78.1 Å². The number of hydrogen-bond donors (Lipinski definition) is 6. The molecule has 2 saturated heterocycles. The molecule has 246 valence electrons. The monoisotopic (exact) mass is 645 g/mol. The summed E-state index contributed by atoms with van der Waals surface area (Å²) in [6.07, 6.45) is -7.07. The van der Waals surface area contributed by atoms with Crippen LogP contribution in [0.1, 0.15) is 29.7 Å². The van der Waals surface area contributed by atoms with E-state index in [9.17, 15) is 28.5 Å². The number of hydrogen-bond acceptors (Lipinski definition) is 11. The van der Waals surface area contributed by atoms with Crippen LogP contribution in [0, 0.1) is 0 Å². The molecule has 16 heteroatoms. The zero-order valence-corrected chi connectivity index (χ0v) is 24.4. The van der Waals surface area contributed by atoms with E-state index in [2.05, 4.69) is 34.6 Å². The maximum absolute atomic E-state index is 10.7. The number of aliphatic hydroxyl groups is 3. The Hall–Kier alpha value is -4.35. The summed E-state index contributed by atoms with van der Waals surface area (Å²) in [6.45, 7) is 1.49. The third-order valence-corrected chi connectivity index (χ3v) is 7.83. The summed E-state index contributed by atoms with van der Waals surface area (Å²) in [6, 6.07) is 20.6. The van der Waals surface area contributed by atoms with Crippen LogP contribution in [0.25, 0.3) is 11.2 Å². The minimum atomic E-state index is -5.08. The first-order chi connectivity index (χ1) is 22.0. The number of benzene rings is 2. The first-order valence-electron chi connectivity index (χ1n) is 14.5. The number of aliphatic hydroxyl groups excluding tert-OH is 3. The Morgan fingerprint density at radius 2 is 1.65 bits per heavy atom. The van der Waals surface area contributed by atoms with E-state index in [0.29, 0.717) is 36.0 Å². The van der Waals surface area contributed by atoms with Gasteiger partial charge in [-0.2, -0.15) is 23.1 Å². The van der Waals surface area contributed by atoms with Crippen molar-refractivity contribution in [1.29, 1.82) is 0 Å². The Bertz CT molecular complexity index is 1570. The molecular weight excluding hydrogens is 611 g/mol. The van der Waals surface area contributed by atoms with Crippen LogP contribution in [0.2, 0.25) is 0 Å². The summed E-state index contributed by atoms with van der Waals surface area (Å²) >= 11 is 0. The second-order valence-electron chi connectivity index (χ2n) is 11.0. The van der Waals surface area contributed by atoms with Gasteiger partial charge in [0.1, 0.15) is 18.3 Å². The van der Waals surface area contributed by atoms with Crippen molar-refractivity contribution in [1.82, 2.24) is 19.5 Å². The Kier molecular flexibility index (Phi) is 10.0. The third kappa shape index (κ3) is 7.21. The normalized spacial score (nSPS) is 23.0. The molecule has 5 atom stereocenters. The number of rotatable bonds is 8. The number of fused-ring (bicyclic) bond motifs is 1. The third-order valence-electron chi connectivity index (χ3n) is 7.83. The van der Waals surface area contributed by atoms with E-state index >= 15 is 0 Å². The topological polar surface area (TPSA) is 192 Å². The average Bonchev–Trinajstić information content (AvgIpc) is 3.75. The van der Waals surface area contributed by atoms with E-state index in [1.807, 2.05) is 41.3 Å². The number of carbonyl (C=O) groups is 1. The Morgan fingerprint density at radius 1 is 1.04 bits per heavy atom. The van der Waals surface area contributed by atoms with Gasteiger partial charge in [0.2, 0.25) is 5.95 Å². The van der Waals surface area contributed by atoms with Gasteiger partial charge >= 0.3 is 12.1 Å². The van der Waals surface area contributed by atoms with Gasteiger partial charge in [-0.3, -0.25) is 4.57 Å². The van der Waals surface area contributed by atoms with Crippen LogP contribution in [-0.2, 0) is 9.53 Å². The summed E-state index contributed by atoms with van der Waals surface area (Å²) in [4.78, 5) is 25.2. The first kappa shape index (κ1) is 33.0. The standard InChI is InChI=1S/C28H33N7O4.C2HF3O2/c29-19-11-12-34(14-19)28-32-25(30-13-20(17-7-3-1-4-8-17)18-9-5-2-6-10-18)22-26(33-28)35(16-31-22)27-24(38)23(37)21(15-36)39-27;3-2(4,5)1(6)7/h1-10,16,19-21,23-24,27,36-38H,11-15,29H2,(H,30,32,33);(H,6,7)/t19-,21-,23-,24-,27-;/m1./s1. The SMILES string of the molecule is N[C@@H]1CCN(c2nc(NCC(c3ccccc3)c3ccccc3)c3ncn([C@@H]4O[C@H](CO)[C@@H](O)[C@H]4O)c3n2)C1.O=C(O)C(F)(F)F. The molecule has 6 rings (SSSR count). The molecule has 2 aliphatic rings. The van der Waals surface area contributed by atoms with Crippen LogP contribution in [0.3, 0.4) is 0 Å². The molecule has 4 aromatic rings. The minimum absolute atomic E-state index is 0.0339. The van der Waals surface area contributed by atoms with Gasteiger partial charge in [-0.1, -0.05) is 60.7 Å². The largest absolute Gasteiger partial charge is 0.490 e. The number of aliphatic carboxylic acids is 1. The van der Waals surface area contributed by atoms with E-state index in [0.717, 1.165) is 13.0 Å². The van der Waals surface area contributed by atoms with Crippen LogP contribution >= 0.6 is 0 Å². The van der Waals surface area contributed by atoms with Crippen molar-refractivity contribution < 1.29 is 43.1 Å². The van der Waals surface area contributed by atoms with Crippen LogP contribution < -0.4 is 16.0 Å². The number of carboxylic acid groups (broad SMARTS) is 1. The van der Waals surface area contributed by atoms with Crippen LogP contribution in [0.15, 0.2) is 67.0 Å². The molecule has 4 heterocycles. The van der Waals surface area contributed by atoms with Crippen LogP contribution in [-0.4, -0.2) is 103 Å². The van der Waals surface area contributed by atoms with Gasteiger partial charge in [0, 0.05) is 31.6 Å². The second kappa shape index (κ2) is 14.0. The molecule has 2 aliphatic heterocycles. The lowest BCUT2D eigenvalue weighted by Gasteiger charge is -2.21. The lowest BCUT2D eigenvalue weighted by molar-refractivity contribution is -0.192. The number of nitrogens with zero attached hydrogens (tertiary/aromatic N) is 5. The number of aromatic nitrogens is 4. The average molecular weight is 646 g/mol. The fourth-order valence-corrected chi connectivity index (χ4v) is 5.43. The Labute approximate surface area is 261 Å². The number of halogens is 3. The molecule has 0 unspecified atom stereocenters. The molecule has 0 aliphatic carbocycles. The lowest BCUT2D eigenvalue weighted by Crippen LogP contribution is -2.33. The number of nitrogens with two attached hydrogens (primary N) is 1. The summed E-state index contributed by atoms with van der Waals surface area (Å²) < 4.78 is 39.1.